The third-order valence-corrected chi connectivity index (χ3v) is 4.49. The van der Waals surface area contributed by atoms with E-state index in [4.69, 9.17) is 4.74 Å². The summed E-state index contributed by atoms with van der Waals surface area (Å²) in [5, 5.41) is 12.0. The third kappa shape index (κ3) is 3.86. The third-order valence-electron chi connectivity index (χ3n) is 4.49. The maximum Gasteiger partial charge on any atom is 0.340 e. The van der Waals surface area contributed by atoms with Gasteiger partial charge in [-0.25, -0.2) is 4.79 Å². The van der Waals surface area contributed by atoms with Crippen LogP contribution in [-0.4, -0.2) is 30.9 Å². The van der Waals surface area contributed by atoms with Gasteiger partial charge in [-0.05, 0) is 31.2 Å². The first-order valence-electron chi connectivity index (χ1n) is 8.91. The number of nitrogens with zero attached hydrogens (tertiary/aromatic N) is 2. The number of rotatable bonds is 5. The molecule has 7 nitrogen and oxygen atoms in total. The number of carbonyl (C=O) groups is 3. The highest BCUT2D eigenvalue weighted by Crippen LogP contribution is 2.29. The van der Waals surface area contributed by atoms with Crippen LogP contribution < -0.4 is 10.2 Å². The van der Waals surface area contributed by atoms with Crippen LogP contribution in [0.4, 0.5) is 11.4 Å². The molecular weight excluding hydrogens is 358 g/mol. The molecule has 0 bridgehead atoms. The van der Waals surface area contributed by atoms with Crippen molar-refractivity contribution < 1.29 is 19.1 Å². The molecule has 1 unspecified atom stereocenters. The van der Waals surface area contributed by atoms with Gasteiger partial charge in [0.05, 0.1) is 35.0 Å². The molecule has 2 aromatic carbocycles. The molecule has 1 N–H and O–H groups in total. The molecule has 1 atom stereocenters. The van der Waals surface area contributed by atoms with Crippen molar-refractivity contribution in [2.75, 3.05) is 23.4 Å². The number of benzene rings is 2. The highest BCUT2D eigenvalue weighted by molar-refractivity contribution is 6.06. The van der Waals surface area contributed by atoms with Crippen molar-refractivity contribution >= 4 is 29.2 Å². The lowest BCUT2D eigenvalue weighted by atomic mass is 10.1. The predicted molar refractivity (Wildman–Crippen MR) is 103 cm³/mol. The van der Waals surface area contributed by atoms with Crippen LogP contribution in [-0.2, 0) is 14.3 Å². The first kappa shape index (κ1) is 19.1. The maximum atomic E-state index is 12.7. The zero-order valence-electron chi connectivity index (χ0n) is 15.3. The van der Waals surface area contributed by atoms with Crippen molar-refractivity contribution in [3.63, 3.8) is 0 Å². The van der Waals surface area contributed by atoms with Crippen molar-refractivity contribution in [2.24, 2.45) is 5.92 Å². The molecule has 0 spiro atoms. The zero-order chi connectivity index (χ0) is 20.1. The van der Waals surface area contributed by atoms with E-state index in [2.05, 4.69) is 11.4 Å². The van der Waals surface area contributed by atoms with Gasteiger partial charge in [0.1, 0.15) is 6.07 Å². The molecule has 1 heterocycles. The van der Waals surface area contributed by atoms with E-state index in [1.54, 1.807) is 55.5 Å². The molecule has 2 amide bonds. The Kier molecular flexibility index (Phi) is 5.70. The van der Waals surface area contributed by atoms with Gasteiger partial charge in [0.2, 0.25) is 11.8 Å². The quantitative estimate of drug-likeness (QED) is 0.808. The van der Waals surface area contributed by atoms with E-state index in [1.807, 2.05) is 0 Å². The number of anilines is 2. The Morgan fingerprint density at radius 3 is 2.68 bits per heavy atom. The summed E-state index contributed by atoms with van der Waals surface area (Å²) in [4.78, 5) is 38.7. The molecule has 7 heteroatoms. The average molecular weight is 377 g/mol. The first-order chi connectivity index (χ1) is 13.5. The largest absolute Gasteiger partial charge is 0.462 e. The molecule has 1 aliphatic rings. The molecule has 2 aromatic rings. The summed E-state index contributed by atoms with van der Waals surface area (Å²) in [7, 11) is 0. The number of carbonyl (C=O) groups excluding carboxylic acids is 3. The van der Waals surface area contributed by atoms with E-state index in [0.29, 0.717) is 16.9 Å². The topological polar surface area (TPSA) is 99.5 Å². The minimum atomic E-state index is -0.588. The molecule has 0 aromatic heterocycles. The van der Waals surface area contributed by atoms with E-state index in [0.717, 1.165) is 0 Å². The molecule has 0 aliphatic carbocycles. The molecule has 1 fully saturated rings. The van der Waals surface area contributed by atoms with Crippen LogP contribution >= 0.6 is 0 Å². The SMILES string of the molecule is CCOC(=O)c1ccccc1NC(=O)C1CC(=O)N(c2ccccc2C#N)C1. The second-order valence-corrected chi connectivity index (χ2v) is 6.29. The maximum absolute atomic E-state index is 12.7. The Balaban J connectivity index is 1.76. The summed E-state index contributed by atoms with van der Waals surface area (Å²) in [5.74, 6) is -1.69. The standard InChI is InChI=1S/C21H19N3O4/c1-2-28-21(27)16-8-4-5-9-17(16)23-20(26)15-11-19(25)24(13-15)18-10-6-3-7-14(18)12-22/h3-10,15H,2,11,13H2,1H3,(H,23,26). The van der Waals surface area contributed by atoms with E-state index in [-0.39, 0.29) is 37.0 Å². The summed E-state index contributed by atoms with van der Waals surface area (Å²) >= 11 is 0. The number of nitriles is 1. The molecule has 1 saturated heterocycles. The zero-order valence-corrected chi connectivity index (χ0v) is 15.3. The summed E-state index contributed by atoms with van der Waals surface area (Å²) in [6.07, 6.45) is 0.0349. The van der Waals surface area contributed by atoms with E-state index in [1.165, 1.54) is 4.90 Å². The molecule has 1 aliphatic heterocycles. The van der Waals surface area contributed by atoms with Crippen LogP contribution in [0.1, 0.15) is 29.3 Å². The Hall–Kier alpha value is -3.66. The van der Waals surface area contributed by atoms with Crippen LogP contribution in [0.2, 0.25) is 0 Å². The average Bonchev–Trinajstić information content (AvgIpc) is 3.10. The molecule has 0 saturated carbocycles. The minimum Gasteiger partial charge on any atom is -0.462 e. The molecule has 3 rings (SSSR count). The van der Waals surface area contributed by atoms with Gasteiger partial charge in [0.15, 0.2) is 0 Å². The fraction of sp³-hybridized carbons (Fsp3) is 0.238. The van der Waals surface area contributed by atoms with Crippen molar-refractivity contribution in [2.45, 2.75) is 13.3 Å². The van der Waals surface area contributed by atoms with Crippen molar-refractivity contribution in [1.82, 2.24) is 0 Å². The molecule has 142 valence electrons. The smallest absolute Gasteiger partial charge is 0.340 e. The number of ether oxygens (including phenoxy) is 1. The van der Waals surface area contributed by atoms with Crippen LogP contribution in [0.3, 0.4) is 0 Å². The predicted octanol–water partition coefficient (Wildman–Crippen LogP) is 2.73. The van der Waals surface area contributed by atoms with Crippen molar-refractivity contribution in [3.8, 4) is 6.07 Å². The van der Waals surface area contributed by atoms with Gasteiger partial charge in [-0.1, -0.05) is 24.3 Å². The summed E-state index contributed by atoms with van der Waals surface area (Å²) in [6.45, 7) is 2.10. The van der Waals surface area contributed by atoms with Crippen LogP contribution in [0.15, 0.2) is 48.5 Å². The number of hydrogen-bond acceptors (Lipinski definition) is 5. The monoisotopic (exact) mass is 377 g/mol. The van der Waals surface area contributed by atoms with Gasteiger partial charge >= 0.3 is 5.97 Å². The fourth-order valence-electron chi connectivity index (χ4n) is 3.13. The summed E-state index contributed by atoms with van der Waals surface area (Å²) in [5.41, 5.74) is 1.48. The molecular formula is C21H19N3O4. The van der Waals surface area contributed by atoms with Crippen LogP contribution in [0.25, 0.3) is 0 Å². The lowest BCUT2D eigenvalue weighted by molar-refractivity contribution is -0.122. The van der Waals surface area contributed by atoms with Gasteiger partial charge in [0.25, 0.3) is 0 Å². The molecule has 28 heavy (non-hydrogen) atoms. The fourth-order valence-corrected chi connectivity index (χ4v) is 3.13. The van der Waals surface area contributed by atoms with Gasteiger partial charge in [0, 0.05) is 13.0 Å². The second-order valence-electron chi connectivity index (χ2n) is 6.29. The van der Waals surface area contributed by atoms with Gasteiger partial charge < -0.3 is 15.0 Å². The van der Waals surface area contributed by atoms with E-state index in [9.17, 15) is 19.6 Å². The normalized spacial score (nSPS) is 15.8. The number of nitrogens with one attached hydrogen (secondary N) is 1. The number of esters is 1. The van der Waals surface area contributed by atoms with Gasteiger partial charge in [-0.15, -0.1) is 0 Å². The van der Waals surface area contributed by atoms with Gasteiger partial charge in [-0.3, -0.25) is 9.59 Å². The van der Waals surface area contributed by atoms with Crippen molar-refractivity contribution in [3.05, 3.63) is 59.7 Å². The van der Waals surface area contributed by atoms with Crippen molar-refractivity contribution in [1.29, 1.82) is 5.26 Å². The lowest BCUT2D eigenvalue weighted by Gasteiger charge is -2.18. The number of para-hydroxylation sites is 2. The number of amides is 2. The highest BCUT2D eigenvalue weighted by atomic mass is 16.5. The van der Waals surface area contributed by atoms with E-state index < -0.39 is 11.9 Å². The van der Waals surface area contributed by atoms with Crippen LogP contribution in [0, 0.1) is 17.2 Å². The lowest BCUT2D eigenvalue weighted by Crippen LogP contribution is -2.29. The first-order valence-corrected chi connectivity index (χ1v) is 8.91. The Labute approximate surface area is 162 Å². The summed E-state index contributed by atoms with van der Waals surface area (Å²) in [6, 6.07) is 15.4. The van der Waals surface area contributed by atoms with E-state index >= 15 is 0 Å². The Morgan fingerprint density at radius 2 is 1.93 bits per heavy atom. The number of hydrogen-bond donors (Lipinski definition) is 1. The Morgan fingerprint density at radius 1 is 1.21 bits per heavy atom. The molecule has 0 radical (unpaired) electrons. The summed E-state index contributed by atoms with van der Waals surface area (Å²) < 4.78 is 5.01. The highest BCUT2D eigenvalue weighted by Gasteiger charge is 2.36. The van der Waals surface area contributed by atoms with Gasteiger partial charge in [-0.2, -0.15) is 5.26 Å². The minimum absolute atomic E-state index is 0.0349. The van der Waals surface area contributed by atoms with Crippen LogP contribution in [0.5, 0.6) is 0 Å². The second kappa shape index (κ2) is 8.35. The Bertz CT molecular complexity index is 964.